The molecule has 4 heteroatoms. The lowest BCUT2D eigenvalue weighted by atomic mass is 9.62. The second kappa shape index (κ2) is 14.5. The number of β-lactam (4-membered cyclic amide) rings is 2. The Kier molecular flexibility index (Phi) is 10.8. The Morgan fingerprint density at radius 2 is 0.868 bits per heavy atom. The number of benzene rings is 2. The number of carbonyl (C=O) groups is 2. The summed E-state index contributed by atoms with van der Waals surface area (Å²) in [5, 5.41) is 0. The van der Waals surface area contributed by atoms with E-state index in [2.05, 4.69) is 6.92 Å². The van der Waals surface area contributed by atoms with Crippen molar-refractivity contribution in [1.82, 2.24) is 0 Å². The third-order valence-corrected chi connectivity index (χ3v) is 8.62. The maximum absolute atomic E-state index is 13.4. The van der Waals surface area contributed by atoms with E-state index >= 15 is 0 Å². The molecular formula is C34H48N2O2. The van der Waals surface area contributed by atoms with E-state index in [-0.39, 0.29) is 18.0 Å². The van der Waals surface area contributed by atoms with Crippen molar-refractivity contribution in [2.24, 2.45) is 5.41 Å². The number of anilines is 2. The van der Waals surface area contributed by atoms with Crippen molar-refractivity contribution in [3.8, 4) is 0 Å². The lowest BCUT2D eigenvalue weighted by Crippen LogP contribution is -2.89. The molecule has 0 radical (unpaired) electrons. The standard InChI is InChI=1S/C34H48N2O2/c1-2-3-4-5-6-7-8-9-10-11-12-13-14-15-16-23-28-34-31(35(32(34)37)29-24-19-17-20-25-29)36(33(34)38)30-26-21-18-22-27-30/h17-22,24-27,31H,2-16,23,28H2,1H3. The third kappa shape index (κ3) is 6.33. The average Bonchev–Trinajstić information content (AvgIpc) is 2.95. The second-order valence-electron chi connectivity index (χ2n) is 11.4. The molecule has 4 nitrogen and oxygen atoms in total. The molecule has 38 heavy (non-hydrogen) atoms. The number of hydrogen-bond donors (Lipinski definition) is 0. The molecule has 2 aromatic rings. The molecule has 0 spiro atoms. The highest BCUT2D eigenvalue weighted by atomic mass is 16.2. The Balaban J connectivity index is 1.14. The molecule has 2 fully saturated rings. The van der Waals surface area contributed by atoms with Gasteiger partial charge in [0.1, 0.15) is 6.17 Å². The molecule has 2 saturated heterocycles. The Hall–Kier alpha value is -2.62. The molecule has 0 aliphatic carbocycles. The maximum Gasteiger partial charge on any atom is 0.248 e. The molecule has 0 saturated carbocycles. The van der Waals surface area contributed by atoms with Crippen molar-refractivity contribution in [3.63, 3.8) is 0 Å². The van der Waals surface area contributed by atoms with Gasteiger partial charge >= 0.3 is 0 Å². The molecule has 2 aliphatic heterocycles. The smallest absolute Gasteiger partial charge is 0.248 e. The van der Waals surface area contributed by atoms with Gasteiger partial charge in [-0.2, -0.15) is 0 Å². The van der Waals surface area contributed by atoms with Gasteiger partial charge in [-0.05, 0) is 30.7 Å². The summed E-state index contributed by atoms with van der Waals surface area (Å²) in [7, 11) is 0. The van der Waals surface area contributed by atoms with Crippen molar-refractivity contribution in [1.29, 1.82) is 0 Å². The van der Waals surface area contributed by atoms with Gasteiger partial charge in [0.2, 0.25) is 11.8 Å². The summed E-state index contributed by atoms with van der Waals surface area (Å²) in [5.74, 6) is -0.0429. The predicted octanol–water partition coefficient (Wildman–Crippen LogP) is 9.04. The predicted molar refractivity (Wildman–Crippen MR) is 158 cm³/mol. The third-order valence-electron chi connectivity index (χ3n) is 8.62. The van der Waals surface area contributed by atoms with E-state index in [9.17, 15) is 9.59 Å². The van der Waals surface area contributed by atoms with Crippen molar-refractivity contribution in [3.05, 3.63) is 60.7 Å². The summed E-state index contributed by atoms with van der Waals surface area (Å²) in [4.78, 5) is 30.4. The highest BCUT2D eigenvalue weighted by molar-refractivity contribution is 6.30. The largest absolute Gasteiger partial charge is 0.288 e. The van der Waals surface area contributed by atoms with E-state index < -0.39 is 5.41 Å². The van der Waals surface area contributed by atoms with Crippen molar-refractivity contribution in [2.75, 3.05) is 9.80 Å². The van der Waals surface area contributed by atoms with Gasteiger partial charge in [-0.15, -0.1) is 0 Å². The summed E-state index contributed by atoms with van der Waals surface area (Å²) < 4.78 is 0. The van der Waals surface area contributed by atoms with E-state index in [1.165, 1.54) is 89.9 Å². The number of hydrogen-bond acceptors (Lipinski definition) is 2. The maximum atomic E-state index is 13.4. The van der Waals surface area contributed by atoms with E-state index in [0.29, 0.717) is 6.42 Å². The first-order chi connectivity index (χ1) is 18.7. The zero-order valence-electron chi connectivity index (χ0n) is 23.6. The Morgan fingerprint density at radius 1 is 0.526 bits per heavy atom. The van der Waals surface area contributed by atoms with Crippen LogP contribution in [0.3, 0.4) is 0 Å². The molecule has 4 rings (SSSR count). The number of para-hydroxylation sites is 2. The zero-order valence-corrected chi connectivity index (χ0v) is 23.6. The Labute approximate surface area is 230 Å². The van der Waals surface area contributed by atoms with Gasteiger partial charge < -0.3 is 0 Å². The molecule has 2 amide bonds. The van der Waals surface area contributed by atoms with Crippen LogP contribution >= 0.6 is 0 Å². The van der Waals surface area contributed by atoms with Crippen LogP contribution in [0.4, 0.5) is 11.4 Å². The summed E-state index contributed by atoms with van der Waals surface area (Å²) in [6.45, 7) is 2.28. The molecular weight excluding hydrogens is 468 g/mol. The number of unbranched alkanes of at least 4 members (excludes halogenated alkanes) is 15. The van der Waals surface area contributed by atoms with Crippen LogP contribution in [-0.4, -0.2) is 18.0 Å². The minimum Gasteiger partial charge on any atom is -0.288 e. The van der Waals surface area contributed by atoms with Gasteiger partial charge in [-0.25, -0.2) is 0 Å². The number of nitrogens with zero attached hydrogens (tertiary/aromatic N) is 2. The highest BCUT2D eigenvalue weighted by Crippen LogP contribution is 2.57. The molecule has 2 aliphatic rings. The summed E-state index contributed by atoms with van der Waals surface area (Å²) in [6, 6.07) is 19.6. The topological polar surface area (TPSA) is 40.6 Å². The zero-order chi connectivity index (χ0) is 26.6. The Bertz CT molecular complexity index is 931. The molecule has 2 aromatic carbocycles. The number of fused-ring (bicyclic) bond motifs is 1. The monoisotopic (exact) mass is 516 g/mol. The fourth-order valence-corrected chi connectivity index (χ4v) is 6.38. The minimum atomic E-state index is -0.859. The van der Waals surface area contributed by atoms with Gasteiger partial charge in [0.05, 0.1) is 0 Å². The van der Waals surface area contributed by atoms with Crippen LogP contribution in [0.15, 0.2) is 60.7 Å². The van der Waals surface area contributed by atoms with Gasteiger partial charge in [0.25, 0.3) is 0 Å². The average molecular weight is 517 g/mol. The summed E-state index contributed by atoms with van der Waals surface area (Å²) in [6.07, 6.45) is 21.6. The molecule has 0 unspecified atom stereocenters. The fraction of sp³-hybridized carbons (Fsp3) is 0.588. The lowest BCUT2D eigenvalue weighted by molar-refractivity contribution is -0.163. The minimum absolute atomic E-state index is 0.0214. The van der Waals surface area contributed by atoms with Crippen LogP contribution in [0.1, 0.15) is 116 Å². The number of rotatable bonds is 19. The van der Waals surface area contributed by atoms with E-state index in [1.54, 1.807) is 0 Å². The summed E-state index contributed by atoms with van der Waals surface area (Å²) >= 11 is 0. The van der Waals surface area contributed by atoms with Crippen LogP contribution in [0.5, 0.6) is 0 Å². The fourth-order valence-electron chi connectivity index (χ4n) is 6.38. The molecule has 0 N–H and O–H groups in total. The van der Waals surface area contributed by atoms with Gasteiger partial charge in [0, 0.05) is 11.4 Å². The van der Waals surface area contributed by atoms with Gasteiger partial charge in [0.15, 0.2) is 5.41 Å². The Morgan fingerprint density at radius 3 is 1.24 bits per heavy atom. The molecule has 0 aromatic heterocycles. The lowest BCUT2D eigenvalue weighted by Gasteiger charge is -2.66. The first-order valence-electron chi connectivity index (χ1n) is 15.5. The number of carbonyl (C=O) groups excluding carboxylic acids is 2. The SMILES string of the molecule is CCCCCCCCCCCCCCCCCCC12C(=O)N(c3ccccc3)C1N(c1ccccc1)C2=O. The second-order valence-corrected chi connectivity index (χ2v) is 11.4. The first-order valence-corrected chi connectivity index (χ1v) is 15.5. The summed E-state index contributed by atoms with van der Waals surface area (Å²) in [5.41, 5.74) is 0.888. The van der Waals surface area contributed by atoms with Crippen LogP contribution in [-0.2, 0) is 9.59 Å². The number of amides is 2. The molecule has 0 bridgehead atoms. The molecule has 2 heterocycles. The normalized spacial score (nSPS) is 20.3. The van der Waals surface area contributed by atoms with E-state index in [1.807, 2.05) is 70.5 Å². The quantitative estimate of drug-likeness (QED) is 0.106. The van der Waals surface area contributed by atoms with Crippen molar-refractivity contribution < 1.29 is 9.59 Å². The first kappa shape index (κ1) is 28.4. The van der Waals surface area contributed by atoms with Crippen LogP contribution in [0.2, 0.25) is 0 Å². The van der Waals surface area contributed by atoms with Gasteiger partial charge in [-0.1, -0.05) is 146 Å². The molecule has 206 valence electrons. The van der Waals surface area contributed by atoms with Crippen molar-refractivity contribution >= 4 is 23.2 Å². The highest BCUT2D eigenvalue weighted by Gasteiger charge is 2.77. The van der Waals surface area contributed by atoms with E-state index in [4.69, 9.17) is 0 Å². The van der Waals surface area contributed by atoms with Crippen molar-refractivity contribution in [2.45, 2.75) is 122 Å². The van der Waals surface area contributed by atoms with Gasteiger partial charge in [-0.3, -0.25) is 19.4 Å². The van der Waals surface area contributed by atoms with E-state index in [0.717, 1.165) is 24.2 Å². The van der Waals surface area contributed by atoms with Crippen LogP contribution in [0.25, 0.3) is 0 Å². The van der Waals surface area contributed by atoms with Crippen LogP contribution in [0, 0.1) is 5.41 Å². The molecule has 0 atom stereocenters. The van der Waals surface area contributed by atoms with Crippen LogP contribution < -0.4 is 9.80 Å².